The van der Waals surface area contributed by atoms with Crippen LogP contribution in [0.25, 0.3) is 0 Å². The second-order valence-electron chi connectivity index (χ2n) is 2.72. The summed E-state index contributed by atoms with van der Waals surface area (Å²) in [6.45, 7) is 2.59. The van der Waals surface area contributed by atoms with Gasteiger partial charge in [-0.25, -0.2) is 9.97 Å². The molecule has 1 N–H and O–H groups in total. The van der Waals surface area contributed by atoms with Gasteiger partial charge < -0.3 is 5.32 Å². The number of nitrogens with one attached hydrogen (secondary N) is 1. The third kappa shape index (κ3) is 2.86. The standard InChI is InChI=1S/C8H10F3N3/c1-2-3-12-7-13-4-6(5-14-7)8(9,10)11/h4-5H,2-3H2,1H3,(H,12,13,14). The van der Waals surface area contributed by atoms with Crippen LogP contribution in [0.1, 0.15) is 18.9 Å². The van der Waals surface area contributed by atoms with Crippen LogP contribution in [0.3, 0.4) is 0 Å². The summed E-state index contributed by atoms with van der Waals surface area (Å²) in [5.74, 6) is 0.222. The van der Waals surface area contributed by atoms with Crippen molar-refractivity contribution in [2.75, 3.05) is 11.9 Å². The molecule has 0 aliphatic rings. The Bertz CT molecular complexity index is 281. The predicted molar refractivity (Wildman–Crippen MR) is 45.8 cm³/mol. The van der Waals surface area contributed by atoms with Gasteiger partial charge in [0.05, 0.1) is 5.56 Å². The van der Waals surface area contributed by atoms with Gasteiger partial charge in [0.1, 0.15) is 0 Å². The fraction of sp³-hybridized carbons (Fsp3) is 0.500. The molecule has 14 heavy (non-hydrogen) atoms. The Labute approximate surface area is 79.4 Å². The highest BCUT2D eigenvalue weighted by Gasteiger charge is 2.31. The Kier molecular flexibility index (Phi) is 3.27. The Morgan fingerprint density at radius 3 is 2.29 bits per heavy atom. The minimum absolute atomic E-state index is 0.222. The molecule has 0 spiro atoms. The first-order valence-corrected chi connectivity index (χ1v) is 4.17. The number of alkyl halides is 3. The second kappa shape index (κ2) is 4.26. The van der Waals surface area contributed by atoms with Crippen LogP contribution >= 0.6 is 0 Å². The zero-order valence-electron chi connectivity index (χ0n) is 7.60. The maximum absolute atomic E-state index is 12.1. The first-order chi connectivity index (χ1) is 6.54. The number of anilines is 1. The maximum atomic E-state index is 12.1. The lowest BCUT2D eigenvalue weighted by atomic mass is 10.3. The van der Waals surface area contributed by atoms with Crippen molar-refractivity contribution in [2.24, 2.45) is 0 Å². The Morgan fingerprint density at radius 1 is 1.29 bits per heavy atom. The Balaban J connectivity index is 2.69. The molecule has 0 atom stereocenters. The van der Waals surface area contributed by atoms with Gasteiger partial charge in [-0.05, 0) is 6.42 Å². The summed E-state index contributed by atoms with van der Waals surface area (Å²) in [5.41, 5.74) is -0.834. The number of rotatable bonds is 3. The van der Waals surface area contributed by atoms with E-state index in [1.807, 2.05) is 6.92 Å². The summed E-state index contributed by atoms with van der Waals surface area (Å²) in [6, 6.07) is 0. The molecule has 0 amide bonds. The fourth-order valence-corrected chi connectivity index (χ4v) is 0.803. The van der Waals surface area contributed by atoms with Gasteiger partial charge in [0.15, 0.2) is 0 Å². The van der Waals surface area contributed by atoms with Gasteiger partial charge in [-0.15, -0.1) is 0 Å². The average molecular weight is 205 g/mol. The third-order valence-corrected chi connectivity index (χ3v) is 1.51. The van der Waals surface area contributed by atoms with Gasteiger partial charge in [0.25, 0.3) is 0 Å². The molecule has 0 saturated carbocycles. The Hall–Kier alpha value is -1.33. The van der Waals surface area contributed by atoms with Crippen LogP contribution in [-0.4, -0.2) is 16.5 Å². The van der Waals surface area contributed by atoms with Crippen molar-refractivity contribution in [3.05, 3.63) is 18.0 Å². The number of aromatic nitrogens is 2. The molecule has 0 fully saturated rings. The van der Waals surface area contributed by atoms with Crippen LogP contribution in [-0.2, 0) is 6.18 Å². The van der Waals surface area contributed by atoms with Crippen LogP contribution < -0.4 is 5.32 Å². The highest BCUT2D eigenvalue weighted by atomic mass is 19.4. The van der Waals surface area contributed by atoms with E-state index in [9.17, 15) is 13.2 Å². The summed E-state index contributed by atoms with van der Waals surface area (Å²) >= 11 is 0. The number of halogens is 3. The third-order valence-electron chi connectivity index (χ3n) is 1.51. The van der Waals surface area contributed by atoms with E-state index in [1.54, 1.807) is 0 Å². The average Bonchev–Trinajstić information content (AvgIpc) is 2.14. The highest BCUT2D eigenvalue weighted by Crippen LogP contribution is 2.27. The molecule has 0 radical (unpaired) electrons. The maximum Gasteiger partial charge on any atom is 0.419 e. The molecule has 1 aromatic heterocycles. The number of hydrogen-bond acceptors (Lipinski definition) is 3. The zero-order chi connectivity index (χ0) is 10.6. The second-order valence-corrected chi connectivity index (χ2v) is 2.72. The summed E-state index contributed by atoms with van der Waals surface area (Å²) in [5, 5.41) is 2.78. The molecule has 78 valence electrons. The molecule has 0 saturated heterocycles. The van der Waals surface area contributed by atoms with E-state index in [2.05, 4.69) is 15.3 Å². The normalized spacial score (nSPS) is 11.4. The van der Waals surface area contributed by atoms with Crippen LogP contribution in [0.5, 0.6) is 0 Å². The van der Waals surface area contributed by atoms with Gasteiger partial charge in [-0.3, -0.25) is 0 Å². The molecule has 0 aliphatic heterocycles. The van der Waals surface area contributed by atoms with Crippen LogP contribution in [0.15, 0.2) is 12.4 Å². The molecule has 1 aromatic rings. The lowest BCUT2D eigenvalue weighted by Gasteiger charge is -2.06. The van der Waals surface area contributed by atoms with Crippen molar-refractivity contribution in [2.45, 2.75) is 19.5 Å². The molecule has 0 aromatic carbocycles. The monoisotopic (exact) mass is 205 g/mol. The smallest absolute Gasteiger partial charge is 0.354 e. The van der Waals surface area contributed by atoms with Crippen LogP contribution in [0.2, 0.25) is 0 Å². The van der Waals surface area contributed by atoms with Crippen molar-refractivity contribution in [1.82, 2.24) is 9.97 Å². The molecule has 0 unspecified atom stereocenters. The van der Waals surface area contributed by atoms with Crippen LogP contribution in [0, 0.1) is 0 Å². The van der Waals surface area contributed by atoms with Gasteiger partial charge in [0.2, 0.25) is 5.95 Å². The molecule has 0 bridgehead atoms. The number of hydrogen-bond donors (Lipinski definition) is 1. The van der Waals surface area contributed by atoms with Crippen molar-refractivity contribution in [3.63, 3.8) is 0 Å². The van der Waals surface area contributed by atoms with Gasteiger partial charge >= 0.3 is 6.18 Å². The van der Waals surface area contributed by atoms with Gasteiger partial charge in [-0.1, -0.05) is 6.92 Å². The first kappa shape index (κ1) is 10.7. The first-order valence-electron chi connectivity index (χ1n) is 4.17. The van der Waals surface area contributed by atoms with Crippen LogP contribution in [0.4, 0.5) is 19.1 Å². The number of nitrogens with zero attached hydrogens (tertiary/aromatic N) is 2. The topological polar surface area (TPSA) is 37.8 Å². The summed E-state index contributed by atoms with van der Waals surface area (Å²) in [7, 11) is 0. The predicted octanol–water partition coefficient (Wildman–Crippen LogP) is 2.32. The van der Waals surface area contributed by atoms with E-state index in [-0.39, 0.29) is 5.95 Å². The molecular formula is C8H10F3N3. The van der Waals surface area contributed by atoms with Gasteiger partial charge in [0, 0.05) is 18.9 Å². The van der Waals surface area contributed by atoms with Crippen molar-refractivity contribution < 1.29 is 13.2 Å². The minimum Gasteiger partial charge on any atom is -0.354 e. The van der Waals surface area contributed by atoms with Crippen molar-refractivity contribution >= 4 is 5.95 Å². The zero-order valence-corrected chi connectivity index (χ0v) is 7.60. The summed E-state index contributed by atoms with van der Waals surface area (Å²) < 4.78 is 36.2. The summed E-state index contributed by atoms with van der Waals surface area (Å²) in [6.07, 6.45) is -1.97. The van der Waals surface area contributed by atoms with Crippen molar-refractivity contribution in [1.29, 1.82) is 0 Å². The summed E-state index contributed by atoms with van der Waals surface area (Å²) in [4.78, 5) is 7.08. The minimum atomic E-state index is -4.37. The van der Waals surface area contributed by atoms with Gasteiger partial charge in [-0.2, -0.15) is 13.2 Å². The largest absolute Gasteiger partial charge is 0.419 e. The molecule has 1 heterocycles. The molecule has 3 nitrogen and oxygen atoms in total. The van der Waals surface area contributed by atoms with E-state index in [0.29, 0.717) is 6.54 Å². The van der Waals surface area contributed by atoms with E-state index in [1.165, 1.54) is 0 Å². The lowest BCUT2D eigenvalue weighted by Crippen LogP contribution is -2.09. The molecule has 1 rings (SSSR count). The van der Waals surface area contributed by atoms with E-state index in [4.69, 9.17) is 0 Å². The highest BCUT2D eigenvalue weighted by molar-refractivity contribution is 5.25. The van der Waals surface area contributed by atoms with Crippen molar-refractivity contribution in [3.8, 4) is 0 Å². The molecule has 0 aliphatic carbocycles. The molecule has 6 heteroatoms. The SMILES string of the molecule is CCCNc1ncc(C(F)(F)F)cn1. The Morgan fingerprint density at radius 2 is 1.86 bits per heavy atom. The molecular weight excluding hydrogens is 195 g/mol. The lowest BCUT2D eigenvalue weighted by molar-refractivity contribution is -0.138. The quantitative estimate of drug-likeness (QED) is 0.822. The fourth-order valence-electron chi connectivity index (χ4n) is 0.803. The van der Waals surface area contributed by atoms with E-state index in [0.717, 1.165) is 18.8 Å². The van der Waals surface area contributed by atoms with E-state index >= 15 is 0 Å². The van der Waals surface area contributed by atoms with E-state index < -0.39 is 11.7 Å².